The molecule has 1 unspecified atom stereocenters. The molecule has 32 heavy (non-hydrogen) atoms. The van der Waals surface area contributed by atoms with Crippen LogP contribution in [-0.4, -0.2) is 66.1 Å². The molecule has 7 nitrogen and oxygen atoms in total. The van der Waals surface area contributed by atoms with E-state index in [0.29, 0.717) is 32.8 Å². The summed E-state index contributed by atoms with van der Waals surface area (Å²) in [5.74, 6) is 0.157. The van der Waals surface area contributed by atoms with Gasteiger partial charge in [0.15, 0.2) is 0 Å². The third kappa shape index (κ3) is 2.77. The third-order valence-electron chi connectivity index (χ3n) is 7.06. The summed E-state index contributed by atoms with van der Waals surface area (Å²) in [5, 5.41) is 1.18. The highest BCUT2D eigenvalue weighted by Crippen LogP contribution is 2.44. The van der Waals surface area contributed by atoms with Crippen LogP contribution in [0.4, 0.5) is 5.69 Å². The lowest BCUT2D eigenvalue weighted by atomic mass is 9.96. The van der Waals surface area contributed by atoms with Gasteiger partial charge in [-0.25, -0.2) is 0 Å². The van der Waals surface area contributed by atoms with Crippen molar-refractivity contribution < 1.29 is 14.3 Å². The van der Waals surface area contributed by atoms with Gasteiger partial charge in [-0.3, -0.25) is 9.59 Å². The zero-order valence-electron chi connectivity index (χ0n) is 18.2. The van der Waals surface area contributed by atoms with E-state index in [1.807, 2.05) is 53.2 Å². The van der Waals surface area contributed by atoms with Gasteiger partial charge in [0.1, 0.15) is 12.7 Å². The average Bonchev–Trinajstić information content (AvgIpc) is 3.16. The second-order valence-corrected chi connectivity index (χ2v) is 8.71. The fourth-order valence-corrected chi connectivity index (χ4v) is 5.53. The van der Waals surface area contributed by atoms with E-state index in [1.54, 1.807) is 0 Å². The first-order valence-corrected chi connectivity index (χ1v) is 11.2. The number of amides is 2. The topological polar surface area (TPSA) is 58.0 Å². The maximum absolute atomic E-state index is 13.4. The van der Waals surface area contributed by atoms with E-state index in [4.69, 9.17) is 4.74 Å². The Bertz CT molecular complexity index is 1230. The van der Waals surface area contributed by atoms with Gasteiger partial charge in [0.05, 0.1) is 30.2 Å². The summed E-state index contributed by atoms with van der Waals surface area (Å²) in [5.41, 5.74) is 5.03. The lowest BCUT2D eigenvalue weighted by molar-refractivity contribution is -0.135. The van der Waals surface area contributed by atoms with E-state index in [-0.39, 0.29) is 24.5 Å². The first-order valence-electron chi connectivity index (χ1n) is 11.2. The van der Waals surface area contributed by atoms with Gasteiger partial charge < -0.3 is 24.0 Å². The molecule has 4 heterocycles. The van der Waals surface area contributed by atoms with Crippen LogP contribution in [0.3, 0.4) is 0 Å². The number of carbonyl (C=O) groups excluding carboxylic acids is 2. The van der Waals surface area contributed by atoms with Crippen molar-refractivity contribution in [3.8, 4) is 0 Å². The fourth-order valence-electron chi connectivity index (χ4n) is 5.53. The van der Waals surface area contributed by atoms with Crippen LogP contribution in [0, 0.1) is 0 Å². The first kappa shape index (κ1) is 19.4. The second-order valence-electron chi connectivity index (χ2n) is 8.71. The van der Waals surface area contributed by atoms with Crippen molar-refractivity contribution in [1.29, 1.82) is 0 Å². The minimum atomic E-state index is -0.231. The number of hydrogen-bond acceptors (Lipinski definition) is 4. The van der Waals surface area contributed by atoms with Crippen molar-refractivity contribution in [3.05, 3.63) is 65.4 Å². The molecule has 0 radical (unpaired) electrons. The van der Waals surface area contributed by atoms with Gasteiger partial charge in [-0.05, 0) is 30.2 Å². The minimum absolute atomic E-state index is 0.0608. The lowest BCUT2D eigenvalue weighted by Crippen LogP contribution is -2.52. The number of nitrogens with zero attached hydrogens (tertiary/aromatic N) is 4. The molecule has 2 amide bonds. The zero-order chi connectivity index (χ0) is 21.8. The van der Waals surface area contributed by atoms with E-state index < -0.39 is 0 Å². The fraction of sp³-hybridized carbons (Fsp3) is 0.360. The lowest BCUT2D eigenvalue weighted by Gasteiger charge is -2.46. The molecular formula is C25H26N4O3. The summed E-state index contributed by atoms with van der Waals surface area (Å²) in [6.07, 6.45) is 0.554. The summed E-state index contributed by atoms with van der Waals surface area (Å²) in [7, 11) is 2.05. The predicted octanol–water partition coefficient (Wildman–Crippen LogP) is 2.65. The number of morpholine rings is 1. The molecule has 3 aromatic rings. The first-order chi connectivity index (χ1) is 15.6. The van der Waals surface area contributed by atoms with Crippen molar-refractivity contribution >= 4 is 28.4 Å². The molecule has 3 aliphatic rings. The SMILES string of the molecule is CN1c2ccccc2C(=O)N2CCc3c(n(CC(=O)N4CCOCC4)c4ccccc34)C21. The van der Waals surface area contributed by atoms with Crippen molar-refractivity contribution in [3.63, 3.8) is 0 Å². The number of anilines is 1. The minimum Gasteiger partial charge on any atom is -0.378 e. The van der Waals surface area contributed by atoms with E-state index >= 15 is 0 Å². The Morgan fingerprint density at radius 2 is 1.78 bits per heavy atom. The maximum Gasteiger partial charge on any atom is 0.257 e. The van der Waals surface area contributed by atoms with Crippen molar-refractivity contribution in [2.45, 2.75) is 19.1 Å². The van der Waals surface area contributed by atoms with Crippen LogP contribution < -0.4 is 4.90 Å². The van der Waals surface area contributed by atoms with E-state index in [0.717, 1.165) is 28.9 Å². The maximum atomic E-state index is 13.4. The van der Waals surface area contributed by atoms with Gasteiger partial charge in [-0.15, -0.1) is 0 Å². The number of hydrogen-bond donors (Lipinski definition) is 0. The third-order valence-corrected chi connectivity index (χ3v) is 7.06. The molecule has 0 saturated carbocycles. The summed E-state index contributed by atoms with van der Waals surface area (Å²) >= 11 is 0. The summed E-state index contributed by atoms with van der Waals surface area (Å²) in [4.78, 5) is 32.7. The molecule has 3 aliphatic heterocycles. The summed E-state index contributed by atoms with van der Waals surface area (Å²) in [6, 6.07) is 16.1. The van der Waals surface area contributed by atoms with Crippen molar-refractivity contribution in [1.82, 2.24) is 14.4 Å². The van der Waals surface area contributed by atoms with E-state index in [2.05, 4.69) is 21.6 Å². The summed E-state index contributed by atoms with van der Waals surface area (Å²) in [6.45, 7) is 3.36. The highest BCUT2D eigenvalue weighted by atomic mass is 16.5. The second kappa shape index (κ2) is 7.38. The van der Waals surface area contributed by atoms with Crippen LogP contribution in [-0.2, 0) is 22.5 Å². The number of rotatable bonds is 2. The molecule has 164 valence electrons. The molecular weight excluding hydrogens is 404 g/mol. The number of para-hydroxylation sites is 2. The quantitative estimate of drug-likeness (QED) is 0.627. The molecule has 2 aromatic carbocycles. The molecule has 1 atom stereocenters. The number of carbonyl (C=O) groups is 2. The van der Waals surface area contributed by atoms with Gasteiger partial charge >= 0.3 is 0 Å². The molecule has 6 rings (SSSR count). The Kier molecular flexibility index (Phi) is 4.47. The predicted molar refractivity (Wildman–Crippen MR) is 122 cm³/mol. The Balaban J connectivity index is 1.50. The molecule has 1 saturated heterocycles. The molecule has 1 aromatic heterocycles. The van der Waals surface area contributed by atoms with Gasteiger partial charge in [-0.2, -0.15) is 0 Å². The number of fused-ring (bicyclic) bond motifs is 6. The van der Waals surface area contributed by atoms with Crippen molar-refractivity contribution in [2.24, 2.45) is 0 Å². The monoisotopic (exact) mass is 430 g/mol. The number of aromatic nitrogens is 1. The van der Waals surface area contributed by atoms with E-state index in [9.17, 15) is 9.59 Å². The number of ether oxygens (including phenoxy) is 1. The van der Waals surface area contributed by atoms with Crippen molar-refractivity contribution in [2.75, 3.05) is 44.8 Å². The Hall–Kier alpha value is -3.32. The summed E-state index contributed by atoms with van der Waals surface area (Å²) < 4.78 is 7.57. The Morgan fingerprint density at radius 1 is 1.03 bits per heavy atom. The Morgan fingerprint density at radius 3 is 2.62 bits per heavy atom. The normalized spacial score (nSPS) is 20.2. The van der Waals surface area contributed by atoms with Gasteiger partial charge in [-0.1, -0.05) is 30.3 Å². The van der Waals surface area contributed by atoms with Crippen LogP contribution in [0.15, 0.2) is 48.5 Å². The number of benzene rings is 2. The Labute approximate surface area is 186 Å². The highest BCUT2D eigenvalue weighted by molar-refractivity contribution is 6.02. The van der Waals surface area contributed by atoms with Crippen LogP contribution in [0.2, 0.25) is 0 Å². The van der Waals surface area contributed by atoms with Gasteiger partial charge in [0.2, 0.25) is 5.91 Å². The average molecular weight is 431 g/mol. The van der Waals surface area contributed by atoms with Crippen LogP contribution in [0.1, 0.15) is 27.8 Å². The van der Waals surface area contributed by atoms with E-state index in [1.165, 1.54) is 10.9 Å². The van der Waals surface area contributed by atoms with Crippen LogP contribution in [0.25, 0.3) is 10.9 Å². The highest BCUT2D eigenvalue weighted by Gasteiger charge is 2.43. The molecule has 0 aliphatic carbocycles. The van der Waals surface area contributed by atoms with Gasteiger partial charge in [0, 0.05) is 37.6 Å². The zero-order valence-corrected chi connectivity index (χ0v) is 18.2. The largest absolute Gasteiger partial charge is 0.378 e. The standard InChI is InChI=1S/C25H26N4O3/c1-26-20-8-4-3-7-19(20)25(31)28-11-10-18-17-6-2-5-9-21(17)29(23(18)24(26)28)16-22(30)27-12-14-32-15-13-27/h2-9,24H,10-16H2,1H3. The molecule has 0 bridgehead atoms. The smallest absolute Gasteiger partial charge is 0.257 e. The molecule has 7 heteroatoms. The van der Waals surface area contributed by atoms with Crippen LogP contribution in [0.5, 0.6) is 0 Å². The van der Waals surface area contributed by atoms with Crippen LogP contribution >= 0.6 is 0 Å². The van der Waals surface area contributed by atoms with Gasteiger partial charge in [0.25, 0.3) is 5.91 Å². The molecule has 0 N–H and O–H groups in total. The molecule has 0 spiro atoms. The molecule has 1 fully saturated rings.